The van der Waals surface area contributed by atoms with E-state index in [0.717, 1.165) is 27.7 Å². The van der Waals surface area contributed by atoms with Gasteiger partial charge in [-0.1, -0.05) is 90.5 Å². The number of primary amides is 1. The number of hydrogen-bond acceptors (Lipinski definition) is 6. The van der Waals surface area contributed by atoms with Gasteiger partial charge in [0.25, 0.3) is 0 Å². The molecule has 0 saturated carbocycles. The molecule has 2 unspecified atom stereocenters. The van der Waals surface area contributed by atoms with Crippen LogP contribution in [0.1, 0.15) is 42.0 Å². The van der Waals surface area contributed by atoms with Gasteiger partial charge in [-0.05, 0) is 42.5 Å². The number of nitrogens with two attached hydrogens (primary N) is 1. The zero-order valence-electron chi connectivity index (χ0n) is 23.4. The molecule has 2 N–H and O–H groups in total. The summed E-state index contributed by atoms with van der Waals surface area (Å²) in [4.78, 5) is 42.8. The quantitative estimate of drug-likeness (QED) is 0.230. The number of piperidine rings is 1. The van der Waals surface area contributed by atoms with E-state index >= 15 is 0 Å². The Balaban J connectivity index is 1.48. The average Bonchev–Trinajstić information content (AvgIpc) is 3.05. The molecule has 0 aliphatic carbocycles. The molecule has 2 atom stereocenters. The van der Waals surface area contributed by atoms with Crippen molar-refractivity contribution in [1.82, 2.24) is 19.9 Å². The van der Waals surface area contributed by atoms with E-state index in [-0.39, 0.29) is 18.3 Å². The van der Waals surface area contributed by atoms with Gasteiger partial charge in [0.05, 0.1) is 22.8 Å². The second-order valence-electron chi connectivity index (χ2n) is 10.6. The second-order valence-corrected chi connectivity index (χ2v) is 11.0. The number of hydrogen-bond donors (Lipinski definition) is 1. The molecule has 6 rings (SSSR count). The van der Waals surface area contributed by atoms with Gasteiger partial charge in [0, 0.05) is 29.9 Å². The molecule has 0 spiro atoms. The number of aromatic nitrogens is 3. The summed E-state index contributed by atoms with van der Waals surface area (Å²) in [7, 11) is 0. The largest absolute Gasteiger partial charge is 0.445 e. The zero-order chi connectivity index (χ0) is 29.8. The van der Waals surface area contributed by atoms with Gasteiger partial charge in [0.15, 0.2) is 5.15 Å². The van der Waals surface area contributed by atoms with Gasteiger partial charge in [0.2, 0.25) is 5.91 Å². The zero-order valence-corrected chi connectivity index (χ0v) is 24.2. The first-order valence-corrected chi connectivity index (χ1v) is 14.6. The summed E-state index contributed by atoms with van der Waals surface area (Å²) in [5.41, 5.74) is 9.15. The topological polar surface area (TPSA) is 111 Å². The van der Waals surface area contributed by atoms with E-state index in [1.165, 1.54) is 17.3 Å². The highest BCUT2D eigenvalue weighted by molar-refractivity contribution is 6.30. The minimum atomic E-state index is -1.52. The SMILES string of the molecule is NC(=O)C1(C(c2ccc3ccc(-c4ccccc4)nc3c2)c2nccnc2Cl)CCCCN1C(=O)OCc1ccccc1. The van der Waals surface area contributed by atoms with Gasteiger partial charge in [-0.25, -0.2) is 14.8 Å². The molecule has 2 amide bonds. The molecule has 9 heteroatoms. The molecule has 3 aromatic carbocycles. The van der Waals surface area contributed by atoms with Crippen LogP contribution >= 0.6 is 11.6 Å². The highest BCUT2D eigenvalue weighted by Crippen LogP contribution is 2.46. The summed E-state index contributed by atoms with van der Waals surface area (Å²) in [6, 6.07) is 29.1. The van der Waals surface area contributed by atoms with E-state index in [1.54, 1.807) is 0 Å². The van der Waals surface area contributed by atoms with Gasteiger partial charge in [0.1, 0.15) is 12.1 Å². The fourth-order valence-corrected chi connectivity index (χ4v) is 6.23. The Kier molecular flexibility index (Phi) is 8.03. The Bertz CT molecular complexity index is 1770. The minimum absolute atomic E-state index is 0.0593. The number of carbonyl (C=O) groups is 2. The summed E-state index contributed by atoms with van der Waals surface area (Å²) in [6.45, 7) is 0.346. The van der Waals surface area contributed by atoms with Crippen molar-refractivity contribution >= 4 is 34.5 Å². The van der Waals surface area contributed by atoms with Crippen molar-refractivity contribution in [2.45, 2.75) is 37.3 Å². The number of benzene rings is 3. The number of rotatable bonds is 7. The molecule has 1 aliphatic heterocycles. The fraction of sp³-hybridized carbons (Fsp3) is 0.206. The van der Waals surface area contributed by atoms with Crippen LogP contribution in [0.15, 0.2) is 103 Å². The van der Waals surface area contributed by atoms with Crippen LogP contribution in [-0.2, 0) is 16.1 Å². The third kappa shape index (κ3) is 5.53. The number of fused-ring (bicyclic) bond motifs is 1. The number of amides is 2. The summed E-state index contributed by atoms with van der Waals surface area (Å²) in [5, 5.41) is 1.05. The highest BCUT2D eigenvalue weighted by Gasteiger charge is 2.55. The standard InChI is InChI=1S/C34H30ClN5O3/c35-31-30(37-18-19-38-31)29(26-14-13-25-15-16-27(39-28(25)21-26)24-11-5-2-6-12-24)34(32(36)41)17-7-8-20-40(34)33(42)43-22-23-9-3-1-4-10-23/h1-6,9-16,18-19,21,29H,7-8,17,20,22H2,(H2,36,41). The lowest BCUT2D eigenvalue weighted by Gasteiger charge is -2.48. The van der Waals surface area contributed by atoms with E-state index in [0.29, 0.717) is 30.5 Å². The lowest BCUT2D eigenvalue weighted by Crippen LogP contribution is -2.65. The highest BCUT2D eigenvalue weighted by atomic mass is 35.5. The van der Waals surface area contributed by atoms with E-state index in [4.69, 9.17) is 27.1 Å². The van der Waals surface area contributed by atoms with Gasteiger partial charge < -0.3 is 10.5 Å². The molecule has 8 nitrogen and oxygen atoms in total. The lowest BCUT2D eigenvalue weighted by molar-refractivity contribution is -0.132. The first kappa shape index (κ1) is 28.3. The Labute approximate surface area is 254 Å². The summed E-state index contributed by atoms with van der Waals surface area (Å²) in [6.07, 6.45) is 4.05. The summed E-state index contributed by atoms with van der Waals surface area (Å²) >= 11 is 6.67. The second kappa shape index (κ2) is 12.2. The third-order valence-corrected chi connectivity index (χ3v) is 8.36. The van der Waals surface area contributed by atoms with E-state index in [1.807, 2.05) is 91.0 Å². The first-order valence-electron chi connectivity index (χ1n) is 14.2. The van der Waals surface area contributed by atoms with Crippen molar-refractivity contribution in [3.8, 4) is 11.3 Å². The molecule has 1 saturated heterocycles. The summed E-state index contributed by atoms with van der Waals surface area (Å²) < 4.78 is 5.76. The molecule has 216 valence electrons. The van der Waals surface area contributed by atoms with Crippen molar-refractivity contribution in [2.75, 3.05) is 6.54 Å². The maximum Gasteiger partial charge on any atom is 0.411 e. The minimum Gasteiger partial charge on any atom is -0.445 e. The Morgan fingerprint density at radius 3 is 2.40 bits per heavy atom. The van der Waals surface area contributed by atoms with Crippen LogP contribution < -0.4 is 5.73 Å². The summed E-state index contributed by atoms with van der Waals surface area (Å²) in [5.74, 6) is -1.50. The molecule has 2 aromatic heterocycles. The van der Waals surface area contributed by atoms with Crippen LogP contribution in [0.4, 0.5) is 4.79 Å². The van der Waals surface area contributed by atoms with Crippen molar-refractivity contribution < 1.29 is 14.3 Å². The molecule has 1 fully saturated rings. The molecule has 0 bridgehead atoms. The molecule has 5 aromatic rings. The predicted octanol–water partition coefficient (Wildman–Crippen LogP) is 6.52. The number of pyridine rings is 1. The normalized spacial score (nSPS) is 17.4. The molecule has 0 radical (unpaired) electrons. The number of likely N-dealkylation sites (tertiary alicyclic amines) is 1. The van der Waals surface area contributed by atoms with Crippen molar-refractivity contribution in [3.63, 3.8) is 0 Å². The Morgan fingerprint density at radius 1 is 0.930 bits per heavy atom. The lowest BCUT2D eigenvalue weighted by atomic mass is 9.70. The Morgan fingerprint density at radius 2 is 1.65 bits per heavy atom. The fourth-order valence-electron chi connectivity index (χ4n) is 6.02. The monoisotopic (exact) mass is 591 g/mol. The number of carbonyl (C=O) groups excluding carboxylic acids is 2. The van der Waals surface area contributed by atoms with Crippen LogP contribution in [0.25, 0.3) is 22.2 Å². The van der Waals surface area contributed by atoms with E-state index in [2.05, 4.69) is 9.97 Å². The average molecular weight is 592 g/mol. The maximum atomic E-state index is 13.8. The molecule has 3 heterocycles. The molecule has 43 heavy (non-hydrogen) atoms. The van der Waals surface area contributed by atoms with Gasteiger partial charge in [-0.15, -0.1) is 0 Å². The number of halogens is 1. The van der Waals surface area contributed by atoms with Crippen molar-refractivity contribution in [2.24, 2.45) is 5.73 Å². The molecule has 1 aliphatic rings. The third-order valence-electron chi connectivity index (χ3n) is 8.07. The van der Waals surface area contributed by atoms with Crippen molar-refractivity contribution in [1.29, 1.82) is 0 Å². The van der Waals surface area contributed by atoms with Gasteiger partial charge in [-0.2, -0.15) is 0 Å². The van der Waals surface area contributed by atoms with Crippen LogP contribution in [-0.4, -0.2) is 43.9 Å². The first-order chi connectivity index (χ1) is 21.0. The molecular formula is C34H30ClN5O3. The van der Waals surface area contributed by atoms with Gasteiger partial charge in [-0.3, -0.25) is 14.7 Å². The smallest absolute Gasteiger partial charge is 0.411 e. The number of ether oxygens (including phenoxy) is 1. The van der Waals surface area contributed by atoms with Crippen LogP contribution in [0.3, 0.4) is 0 Å². The van der Waals surface area contributed by atoms with Crippen LogP contribution in [0, 0.1) is 0 Å². The maximum absolute atomic E-state index is 13.8. The molecular weight excluding hydrogens is 562 g/mol. The van der Waals surface area contributed by atoms with Gasteiger partial charge >= 0.3 is 6.09 Å². The van der Waals surface area contributed by atoms with E-state index in [9.17, 15) is 9.59 Å². The van der Waals surface area contributed by atoms with Crippen LogP contribution in [0.2, 0.25) is 5.15 Å². The van der Waals surface area contributed by atoms with Crippen molar-refractivity contribution in [3.05, 3.63) is 125 Å². The Hall–Kier alpha value is -4.82. The van der Waals surface area contributed by atoms with Crippen LogP contribution in [0.5, 0.6) is 0 Å². The number of nitrogens with zero attached hydrogens (tertiary/aromatic N) is 4. The van der Waals surface area contributed by atoms with E-state index < -0.39 is 23.5 Å². The predicted molar refractivity (Wildman–Crippen MR) is 165 cm³/mol.